The van der Waals surface area contributed by atoms with E-state index in [-0.39, 0.29) is 38.8 Å². The maximum Gasteiger partial charge on any atom is 0.419 e. The topological polar surface area (TPSA) is 264 Å². The van der Waals surface area contributed by atoms with E-state index < -0.39 is 17.6 Å². The molecule has 9 aromatic heterocycles. The van der Waals surface area contributed by atoms with Crippen molar-refractivity contribution in [3.63, 3.8) is 0 Å². The van der Waals surface area contributed by atoms with E-state index in [1.54, 1.807) is 30.6 Å². The van der Waals surface area contributed by atoms with Crippen LogP contribution in [-0.2, 0) is 6.18 Å². The molecule has 4 aliphatic rings. The number of halogens is 4. The number of hydrogen-bond donors (Lipinski definition) is 4. The van der Waals surface area contributed by atoms with Crippen molar-refractivity contribution in [1.29, 1.82) is 0 Å². The molecule has 0 bridgehead atoms. The third-order valence-electron chi connectivity index (χ3n) is 19.5. The monoisotopic (exact) mass is 1480 g/mol. The number of benzene rings is 5. The minimum absolute atomic E-state index is 0.0606. The van der Waals surface area contributed by atoms with Gasteiger partial charge in [-0.1, -0.05) is 0 Å². The van der Waals surface area contributed by atoms with Crippen molar-refractivity contribution < 1.29 is 40.0 Å². The zero-order chi connectivity index (χ0) is 75.6. The summed E-state index contributed by atoms with van der Waals surface area (Å²) in [6, 6.07) is 33.9. The summed E-state index contributed by atoms with van der Waals surface area (Å²) in [7, 11) is 1.18. The van der Waals surface area contributed by atoms with E-state index in [9.17, 15) is 36.7 Å². The molecule has 14 aromatic rings. The number of hydrogen-bond acceptors (Lipinski definition) is 22. The number of alkyl halides is 3. The fraction of sp³-hybridized carbons (Fsp3) is 0.272. The quantitative estimate of drug-likeness (QED) is 0.0979. The van der Waals surface area contributed by atoms with E-state index in [4.69, 9.17) is 22.4 Å². The Bertz CT molecular complexity index is 5990. The Labute approximate surface area is 620 Å². The largest absolute Gasteiger partial charge is 0.496 e. The van der Waals surface area contributed by atoms with Gasteiger partial charge in [-0.2, -0.15) is 13.2 Å². The molecule has 18 rings (SSSR count). The maximum atomic E-state index is 13.3. The van der Waals surface area contributed by atoms with Gasteiger partial charge in [0.1, 0.15) is 56.8 Å². The molecule has 0 saturated carbocycles. The summed E-state index contributed by atoms with van der Waals surface area (Å²) in [5, 5.41) is 15.6. The number of ether oxygens (including phenoxy) is 1. The van der Waals surface area contributed by atoms with Crippen LogP contribution in [0.5, 0.6) is 5.75 Å². The van der Waals surface area contributed by atoms with Crippen molar-refractivity contribution in [2.45, 2.75) is 46.0 Å². The van der Waals surface area contributed by atoms with E-state index in [0.29, 0.717) is 101 Å². The lowest BCUT2D eigenvalue weighted by atomic mass is 10.1. The van der Waals surface area contributed by atoms with Crippen LogP contribution in [0.3, 0.4) is 0 Å². The molecule has 0 unspecified atom stereocenters. The van der Waals surface area contributed by atoms with Crippen molar-refractivity contribution in [2.24, 2.45) is 0 Å². The molecule has 109 heavy (non-hydrogen) atoms. The fourth-order valence-corrected chi connectivity index (χ4v) is 13.9. The van der Waals surface area contributed by atoms with Crippen LogP contribution >= 0.6 is 0 Å². The van der Waals surface area contributed by atoms with E-state index in [0.717, 1.165) is 138 Å². The summed E-state index contributed by atoms with van der Waals surface area (Å²) in [5.74, 6) is 0.554. The highest BCUT2D eigenvalue weighted by Gasteiger charge is 2.35. The van der Waals surface area contributed by atoms with Gasteiger partial charge in [-0.05, 0) is 125 Å². The number of aromatic nitrogens is 7. The van der Waals surface area contributed by atoms with Crippen molar-refractivity contribution >= 4 is 77.9 Å². The van der Waals surface area contributed by atoms with Crippen LogP contribution in [0.15, 0.2) is 208 Å². The van der Waals surface area contributed by atoms with E-state index in [1.807, 2.05) is 102 Å². The van der Waals surface area contributed by atoms with Crippen LogP contribution in [0.4, 0.5) is 40.3 Å². The van der Waals surface area contributed by atoms with Gasteiger partial charge in [-0.3, -0.25) is 34.1 Å². The van der Waals surface area contributed by atoms with Gasteiger partial charge in [0, 0.05) is 193 Å². The van der Waals surface area contributed by atoms with Crippen molar-refractivity contribution in [1.82, 2.24) is 55.0 Å². The van der Waals surface area contributed by atoms with Crippen LogP contribution in [0.1, 0.15) is 30.8 Å². The molecule has 4 saturated heterocycles. The van der Waals surface area contributed by atoms with Gasteiger partial charge < -0.3 is 72.1 Å². The number of nitrogens with one attached hydrogen (secondary N) is 4. The SMILES string of the molecule is COc1ccc(-c2cc(=O)c3cc(N4CCN[C@@H](C)C4)ccc3o2)cc1C(F)(F)F.Cc1cn2cc(-c3cc(=O)c4cc(N5CCNCC5)ccc4o3)nc2cn1.Cc1cn2cc(-c3cc(=O)c4cc(N5CCN[C@@H](C)C5)ccc4o3)nc2cn1.O=c1cc(-c2cncc(F)c2)oc2ccc(N3CCNCC3)cc12. The molecule has 0 amide bonds. The molecular weight excluding hydrogens is 1400 g/mol. The maximum absolute atomic E-state index is 13.3. The van der Waals surface area contributed by atoms with Crippen LogP contribution in [-0.4, -0.2) is 145 Å². The molecule has 558 valence electrons. The zero-order valence-electron chi connectivity index (χ0n) is 60.3. The number of imidazole rings is 2. The average Bonchev–Trinajstić information content (AvgIpc) is 1.73. The number of rotatable bonds is 9. The number of methoxy groups -OCH3 is 1. The smallest absolute Gasteiger partial charge is 0.419 e. The average molecular weight is 1480 g/mol. The predicted octanol–water partition coefficient (Wildman–Crippen LogP) is 11.5. The number of anilines is 4. The Kier molecular flexibility index (Phi) is 20.6. The lowest BCUT2D eigenvalue weighted by Crippen LogP contribution is -2.49. The Hall–Kier alpha value is -12.1. The Morgan fingerprint density at radius 2 is 0.844 bits per heavy atom. The molecule has 13 heterocycles. The number of aryl methyl sites for hydroxylation is 2. The van der Waals surface area contributed by atoms with Crippen LogP contribution in [0.2, 0.25) is 0 Å². The normalized spacial score (nSPS) is 16.3. The van der Waals surface area contributed by atoms with Crippen LogP contribution < -0.4 is 67.3 Å². The highest BCUT2D eigenvalue weighted by atomic mass is 19.4. The van der Waals surface area contributed by atoms with Crippen molar-refractivity contribution in [3.05, 3.63) is 235 Å². The standard InChI is InChI=1S/C22H21F3N2O3.C21H21N5O2.C20H19N5O2.C18H16FN3O2/c1-13-12-27(8-7-26-13)15-4-6-19-16(10-15)18(28)11-21(30-19)14-3-5-20(29-2)17(9-14)22(23,24)25;1-13-10-25(6-5-22-13)15-3-4-19-16(7-15)18(27)8-20(28-19)17-12-26-11-14(2)23-9-21(26)24-17;1-13-11-25-12-16(23-20(25)10-22-13)19-9-17(26)15-8-14(2-3-18(15)27-19)24-6-4-21-5-7-24;19-13-7-12(10-21-11-13)18-9-16(23)15-8-14(1-2-17(15)24-18)22-5-3-20-4-6-22/h3-6,9-11,13,26H,7-8,12H2,1-2H3;3-4,7-9,11-13,22H,5-6,10H2,1-2H3;2-3,8-12,21H,4-7H2,1H3;1-2,7-11,20H,3-6H2/t2*13-;;/m00../s1. The third kappa shape index (κ3) is 16.1. The lowest BCUT2D eigenvalue weighted by molar-refractivity contribution is -0.138. The molecule has 28 heteroatoms. The number of piperazine rings is 4. The molecule has 4 aliphatic heterocycles. The fourth-order valence-electron chi connectivity index (χ4n) is 13.9. The molecule has 4 N–H and O–H groups in total. The second-order valence-corrected chi connectivity index (χ2v) is 27.3. The predicted molar refractivity (Wildman–Crippen MR) is 413 cm³/mol. The van der Waals surface area contributed by atoms with E-state index >= 15 is 0 Å². The van der Waals surface area contributed by atoms with Gasteiger partial charge in [-0.15, -0.1) is 0 Å². The molecule has 0 radical (unpaired) electrons. The van der Waals surface area contributed by atoms with Gasteiger partial charge in [0.2, 0.25) is 0 Å². The summed E-state index contributed by atoms with van der Waals surface area (Å²) in [6.45, 7) is 20.8. The highest BCUT2D eigenvalue weighted by molar-refractivity contribution is 5.86. The van der Waals surface area contributed by atoms with E-state index in [2.05, 4.69) is 79.6 Å². The summed E-state index contributed by atoms with van der Waals surface area (Å²) < 4.78 is 85.5. The van der Waals surface area contributed by atoms with Crippen LogP contribution in [0.25, 0.3) is 101 Å². The second-order valence-electron chi connectivity index (χ2n) is 27.3. The van der Waals surface area contributed by atoms with Gasteiger partial charge in [0.15, 0.2) is 44.5 Å². The number of fused-ring (bicyclic) bond motifs is 6. The zero-order valence-corrected chi connectivity index (χ0v) is 60.3. The van der Waals surface area contributed by atoms with Gasteiger partial charge in [0.05, 0.1) is 64.2 Å². The third-order valence-corrected chi connectivity index (χ3v) is 19.5. The van der Waals surface area contributed by atoms with Gasteiger partial charge >= 0.3 is 6.18 Å². The minimum atomic E-state index is -4.59. The molecular formula is C81H77F4N15O9. The molecule has 5 aromatic carbocycles. The Morgan fingerprint density at radius 3 is 1.25 bits per heavy atom. The molecule has 2 atom stereocenters. The first-order valence-corrected chi connectivity index (χ1v) is 35.9. The summed E-state index contributed by atoms with van der Waals surface area (Å²) in [5.41, 5.74) is 9.55. The summed E-state index contributed by atoms with van der Waals surface area (Å²) in [4.78, 5) is 81.1. The second kappa shape index (κ2) is 31.0. The number of pyridine rings is 1. The molecule has 4 fully saturated rings. The molecule has 0 spiro atoms. The van der Waals surface area contributed by atoms with E-state index in [1.165, 1.54) is 55.8 Å². The van der Waals surface area contributed by atoms with Crippen molar-refractivity contribution in [3.8, 4) is 51.3 Å². The number of nitrogens with zero attached hydrogens (tertiary/aromatic N) is 11. The highest BCUT2D eigenvalue weighted by Crippen LogP contribution is 2.40. The van der Waals surface area contributed by atoms with Gasteiger partial charge in [0.25, 0.3) is 0 Å². The first kappa shape index (κ1) is 72.5. The Balaban J connectivity index is 0.000000116. The van der Waals surface area contributed by atoms with Crippen LogP contribution in [0, 0.1) is 19.7 Å². The summed E-state index contributed by atoms with van der Waals surface area (Å²) in [6.07, 6.45) is 8.90. The minimum Gasteiger partial charge on any atom is -0.496 e. The first-order valence-electron chi connectivity index (χ1n) is 35.9. The molecule has 0 aliphatic carbocycles. The first-order chi connectivity index (χ1) is 52.7. The Morgan fingerprint density at radius 1 is 0.450 bits per heavy atom. The van der Waals surface area contributed by atoms with Gasteiger partial charge in [-0.25, -0.2) is 14.4 Å². The molecule has 24 nitrogen and oxygen atoms in total. The summed E-state index contributed by atoms with van der Waals surface area (Å²) >= 11 is 0. The van der Waals surface area contributed by atoms with Crippen molar-refractivity contribution in [2.75, 3.05) is 118 Å². The lowest BCUT2D eigenvalue weighted by Gasteiger charge is -2.33.